The van der Waals surface area contributed by atoms with Crippen molar-refractivity contribution >= 4 is 11.0 Å². The molecular formula is C20H24N2O3. The number of fused-ring (bicyclic) bond motifs is 1. The van der Waals surface area contributed by atoms with Crippen LogP contribution in [0.4, 0.5) is 0 Å². The number of aromatic amines is 1. The van der Waals surface area contributed by atoms with Crippen LogP contribution in [0.3, 0.4) is 0 Å². The number of H-pyrrole nitrogens is 1. The summed E-state index contributed by atoms with van der Waals surface area (Å²) in [4.78, 5) is 7.87. The van der Waals surface area contributed by atoms with Gasteiger partial charge in [0.2, 0.25) is 0 Å². The summed E-state index contributed by atoms with van der Waals surface area (Å²) in [6, 6.07) is 15.8. The molecule has 2 aromatic carbocycles. The highest BCUT2D eigenvalue weighted by Gasteiger charge is 2.13. The van der Waals surface area contributed by atoms with Crippen molar-refractivity contribution in [1.82, 2.24) is 9.97 Å². The first kappa shape index (κ1) is 17.5. The van der Waals surface area contributed by atoms with Gasteiger partial charge in [0.05, 0.1) is 23.7 Å². The zero-order valence-electron chi connectivity index (χ0n) is 14.6. The van der Waals surface area contributed by atoms with Crippen LogP contribution in [-0.2, 0) is 11.2 Å². The number of aromatic nitrogens is 2. The van der Waals surface area contributed by atoms with Gasteiger partial charge in [-0.05, 0) is 43.7 Å². The van der Waals surface area contributed by atoms with Crippen LogP contribution < -0.4 is 4.74 Å². The van der Waals surface area contributed by atoms with Gasteiger partial charge in [-0.3, -0.25) is 0 Å². The number of nitrogens with one attached hydrogen (secondary N) is 1. The zero-order valence-corrected chi connectivity index (χ0v) is 14.6. The fraction of sp³-hybridized carbons (Fsp3) is 0.350. The molecule has 5 nitrogen and oxygen atoms in total. The second kappa shape index (κ2) is 8.14. The Morgan fingerprint density at radius 3 is 2.56 bits per heavy atom. The van der Waals surface area contributed by atoms with E-state index in [-0.39, 0.29) is 18.8 Å². The topological polar surface area (TPSA) is 67.4 Å². The van der Waals surface area contributed by atoms with E-state index in [2.05, 4.69) is 9.97 Å². The van der Waals surface area contributed by atoms with Gasteiger partial charge in [0.25, 0.3) is 0 Å². The summed E-state index contributed by atoms with van der Waals surface area (Å²) in [6.45, 7) is 4.53. The normalized spacial score (nSPS) is 13.7. The number of hydrogen-bond acceptors (Lipinski definition) is 4. The zero-order chi connectivity index (χ0) is 17.6. The Bertz CT molecular complexity index is 765. The molecule has 1 aromatic heterocycles. The number of nitrogens with zero attached hydrogens (tertiary/aromatic N) is 1. The SMILES string of the molecule is CCO[C@H](CO)Cc1ccc(OC(C)c2nc3ccccc3[nH]2)cc1. The van der Waals surface area contributed by atoms with Crippen molar-refractivity contribution in [3.05, 3.63) is 59.9 Å². The van der Waals surface area contributed by atoms with Crippen molar-refractivity contribution in [3.63, 3.8) is 0 Å². The first-order chi connectivity index (χ1) is 12.2. The lowest BCUT2D eigenvalue weighted by Crippen LogP contribution is -2.20. The van der Waals surface area contributed by atoms with Gasteiger partial charge in [-0.25, -0.2) is 4.98 Å². The van der Waals surface area contributed by atoms with E-state index in [1.807, 2.05) is 62.4 Å². The molecule has 3 rings (SSSR count). The smallest absolute Gasteiger partial charge is 0.153 e. The molecule has 0 saturated carbocycles. The van der Waals surface area contributed by atoms with Crippen LogP contribution in [0, 0.1) is 0 Å². The minimum absolute atomic E-state index is 0.0230. The highest BCUT2D eigenvalue weighted by Crippen LogP contribution is 2.23. The Kier molecular flexibility index (Phi) is 5.68. The minimum atomic E-state index is -0.174. The largest absolute Gasteiger partial charge is 0.483 e. The molecule has 0 saturated heterocycles. The average Bonchev–Trinajstić information content (AvgIpc) is 3.07. The molecule has 0 radical (unpaired) electrons. The number of ether oxygens (including phenoxy) is 2. The van der Waals surface area contributed by atoms with Gasteiger partial charge in [-0.15, -0.1) is 0 Å². The highest BCUT2D eigenvalue weighted by molar-refractivity contribution is 5.74. The first-order valence-corrected chi connectivity index (χ1v) is 8.62. The van der Waals surface area contributed by atoms with Crippen LogP contribution in [0.1, 0.15) is 31.3 Å². The van der Waals surface area contributed by atoms with Crippen LogP contribution in [0.5, 0.6) is 5.75 Å². The Balaban J connectivity index is 1.64. The number of rotatable bonds is 8. The molecule has 0 bridgehead atoms. The van der Waals surface area contributed by atoms with Crippen molar-refractivity contribution in [1.29, 1.82) is 0 Å². The quantitative estimate of drug-likeness (QED) is 0.657. The van der Waals surface area contributed by atoms with Crippen molar-refractivity contribution in [2.75, 3.05) is 13.2 Å². The molecule has 0 aliphatic rings. The fourth-order valence-electron chi connectivity index (χ4n) is 2.80. The molecule has 0 amide bonds. The lowest BCUT2D eigenvalue weighted by atomic mass is 10.1. The molecule has 5 heteroatoms. The molecule has 0 aliphatic carbocycles. The Morgan fingerprint density at radius 2 is 1.88 bits per heavy atom. The molecule has 2 atom stereocenters. The molecular weight excluding hydrogens is 316 g/mol. The molecule has 2 N–H and O–H groups in total. The Morgan fingerprint density at radius 1 is 1.12 bits per heavy atom. The van der Waals surface area contributed by atoms with Gasteiger partial charge in [-0.2, -0.15) is 0 Å². The van der Waals surface area contributed by atoms with E-state index < -0.39 is 0 Å². The van der Waals surface area contributed by atoms with E-state index in [4.69, 9.17) is 9.47 Å². The van der Waals surface area contributed by atoms with Gasteiger partial charge in [0, 0.05) is 13.0 Å². The van der Waals surface area contributed by atoms with Crippen LogP contribution in [0.25, 0.3) is 11.0 Å². The van der Waals surface area contributed by atoms with Crippen molar-refractivity contribution in [2.24, 2.45) is 0 Å². The molecule has 1 unspecified atom stereocenters. The van der Waals surface area contributed by atoms with Crippen LogP contribution in [0.2, 0.25) is 0 Å². The molecule has 25 heavy (non-hydrogen) atoms. The second-order valence-corrected chi connectivity index (χ2v) is 6.01. The Labute approximate surface area is 147 Å². The molecule has 3 aromatic rings. The lowest BCUT2D eigenvalue weighted by Gasteiger charge is -2.15. The maximum absolute atomic E-state index is 9.32. The summed E-state index contributed by atoms with van der Waals surface area (Å²) in [5, 5.41) is 9.32. The van der Waals surface area contributed by atoms with Gasteiger partial charge in [0.1, 0.15) is 11.6 Å². The van der Waals surface area contributed by atoms with E-state index in [0.717, 1.165) is 28.2 Å². The minimum Gasteiger partial charge on any atom is -0.483 e. The third-order valence-electron chi connectivity index (χ3n) is 4.10. The van der Waals surface area contributed by atoms with Gasteiger partial charge in [0.15, 0.2) is 6.10 Å². The lowest BCUT2D eigenvalue weighted by molar-refractivity contribution is 0.0207. The fourth-order valence-corrected chi connectivity index (χ4v) is 2.80. The summed E-state index contributed by atoms with van der Waals surface area (Å²) in [5.74, 6) is 1.59. The molecule has 132 valence electrons. The summed E-state index contributed by atoms with van der Waals surface area (Å²) in [7, 11) is 0. The molecule has 0 fully saturated rings. The van der Waals surface area contributed by atoms with Gasteiger partial charge < -0.3 is 19.6 Å². The molecule has 0 aliphatic heterocycles. The van der Waals surface area contributed by atoms with Crippen molar-refractivity contribution in [2.45, 2.75) is 32.5 Å². The van der Waals surface area contributed by atoms with E-state index in [9.17, 15) is 5.11 Å². The number of para-hydroxylation sites is 2. The van der Waals surface area contributed by atoms with Crippen LogP contribution in [0.15, 0.2) is 48.5 Å². The summed E-state index contributed by atoms with van der Waals surface area (Å²) >= 11 is 0. The summed E-state index contributed by atoms with van der Waals surface area (Å²) < 4.78 is 11.5. The standard InChI is InChI=1S/C20H24N2O3/c1-3-24-17(13-23)12-15-8-10-16(11-9-15)25-14(2)20-21-18-6-4-5-7-19(18)22-20/h4-11,14,17,23H,3,12-13H2,1-2H3,(H,21,22)/t14?,17-/m0/s1. The average molecular weight is 340 g/mol. The maximum atomic E-state index is 9.32. The van der Waals surface area contributed by atoms with E-state index in [1.165, 1.54) is 0 Å². The van der Waals surface area contributed by atoms with Gasteiger partial charge in [-0.1, -0.05) is 24.3 Å². The first-order valence-electron chi connectivity index (χ1n) is 8.62. The summed E-state index contributed by atoms with van der Waals surface area (Å²) in [5.41, 5.74) is 3.06. The van der Waals surface area contributed by atoms with Crippen LogP contribution >= 0.6 is 0 Å². The van der Waals surface area contributed by atoms with Crippen molar-refractivity contribution < 1.29 is 14.6 Å². The molecule has 0 spiro atoms. The number of imidazole rings is 1. The van der Waals surface area contributed by atoms with Crippen molar-refractivity contribution in [3.8, 4) is 5.75 Å². The third-order valence-corrected chi connectivity index (χ3v) is 4.10. The Hall–Kier alpha value is -2.37. The number of benzene rings is 2. The second-order valence-electron chi connectivity index (χ2n) is 6.01. The van der Waals surface area contributed by atoms with E-state index in [0.29, 0.717) is 13.0 Å². The predicted molar refractivity (Wildman–Crippen MR) is 97.8 cm³/mol. The number of aliphatic hydroxyl groups excluding tert-OH is 1. The van der Waals surface area contributed by atoms with Crippen LogP contribution in [-0.4, -0.2) is 34.4 Å². The third kappa shape index (κ3) is 4.38. The molecule has 1 heterocycles. The number of aliphatic hydroxyl groups is 1. The predicted octanol–water partition coefficient (Wildman–Crippen LogP) is 3.64. The highest BCUT2D eigenvalue weighted by atomic mass is 16.5. The van der Waals surface area contributed by atoms with E-state index in [1.54, 1.807) is 0 Å². The summed E-state index contributed by atoms with van der Waals surface area (Å²) in [6.07, 6.45) is 0.349. The monoisotopic (exact) mass is 340 g/mol. The van der Waals surface area contributed by atoms with Gasteiger partial charge >= 0.3 is 0 Å². The number of hydrogen-bond donors (Lipinski definition) is 2. The van der Waals surface area contributed by atoms with E-state index >= 15 is 0 Å². The maximum Gasteiger partial charge on any atom is 0.153 e.